The Balaban J connectivity index is 3.66. The quantitative estimate of drug-likeness (QED) is 0.142. The second kappa shape index (κ2) is 8.36. The predicted molar refractivity (Wildman–Crippen MR) is 81.2 cm³/mol. The highest BCUT2D eigenvalue weighted by molar-refractivity contribution is 6.20. The fraction of sp³-hybridized carbons (Fsp3) is 0.400. The molecule has 0 saturated heterocycles. The number of ether oxygens (including phenoxy) is 1. The minimum atomic E-state index is -1.98. The van der Waals surface area contributed by atoms with Crippen molar-refractivity contribution in [1.29, 1.82) is 0 Å². The molecule has 136 valence electrons. The summed E-state index contributed by atoms with van der Waals surface area (Å²) in [6.07, 6.45) is 0.833. The van der Waals surface area contributed by atoms with Crippen molar-refractivity contribution in [3.8, 4) is 0 Å². The number of benzene rings is 1. The van der Waals surface area contributed by atoms with Gasteiger partial charge in [0, 0.05) is 18.3 Å². The van der Waals surface area contributed by atoms with E-state index in [4.69, 9.17) is 0 Å². The normalized spacial score (nSPS) is 12.2. The number of carbonyl (C=O) groups excluding carboxylic acids is 2. The van der Waals surface area contributed by atoms with Gasteiger partial charge in [-0.25, -0.2) is 8.78 Å². The molecule has 0 heterocycles. The number of nitro benzene ring substituents is 1. The molecule has 0 saturated carbocycles. The van der Waals surface area contributed by atoms with Crippen LogP contribution >= 0.6 is 0 Å². The molecule has 10 heteroatoms. The van der Waals surface area contributed by atoms with Crippen LogP contribution in [0, 0.1) is 40.4 Å². The number of nitrogens with zero attached hydrogens (tertiary/aromatic N) is 2. The van der Waals surface area contributed by atoms with Gasteiger partial charge in [0.05, 0.1) is 11.5 Å². The number of carbonyl (C=O) groups is 2. The number of esters is 1. The van der Waals surface area contributed by atoms with Gasteiger partial charge in [-0.1, -0.05) is 0 Å². The van der Waals surface area contributed by atoms with Crippen molar-refractivity contribution in [2.24, 2.45) is 10.9 Å². The Morgan fingerprint density at radius 2 is 1.84 bits per heavy atom. The molecule has 0 aliphatic carbocycles. The van der Waals surface area contributed by atoms with Crippen molar-refractivity contribution in [3.05, 3.63) is 38.7 Å². The SMILES string of the molecule is CCN=CC(C(=O)OCC)C(=O)c1c(F)c(C)c(F)c(F)c1[N+](=O)[O-]. The predicted octanol–water partition coefficient (Wildman–Crippen LogP) is 2.77. The molecule has 7 nitrogen and oxygen atoms in total. The minimum Gasteiger partial charge on any atom is -0.465 e. The molecule has 0 radical (unpaired) electrons. The van der Waals surface area contributed by atoms with Crippen LogP contribution in [0.4, 0.5) is 18.9 Å². The van der Waals surface area contributed by atoms with E-state index in [1.54, 1.807) is 6.92 Å². The molecule has 0 amide bonds. The van der Waals surface area contributed by atoms with Gasteiger partial charge in [-0.15, -0.1) is 0 Å². The van der Waals surface area contributed by atoms with Crippen LogP contribution in [-0.2, 0) is 9.53 Å². The summed E-state index contributed by atoms with van der Waals surface area (Å²) in [6, 6.07) is 0. The summed E-state index contributed by atoms with van der Waals surface area (Å²) in [5.74, 6) is -9.78. The molecular formula is C15H15F3N2O5. The van der Waals surface area contributed by atoms with Crippen LogP contribution in [0.2, 0.25) is 0 Å². The van der Waals surface area contributed by atoms with E-state index in [1.165, 1.54) is 6.92 Å². The first kappa shape index (κ1) is 20.3. The summed E-state index contributed by atoms with van der Waals surface area (Å²) in [6.45, 7) is 3.87. The Kier molecular flexibility index (Phi) is 6.77. The van der Waals surface area contributed by atoms with Crippen LogP contribution in [0.15, 0.2) is 4.99 Å². The lowest BCUT2D eigenvalue weighted by molar-refractivity contribution is -0.388. The number of ketones is 1. The Morgan fingerprint density at radius 1 is 1.24 bits per heavy atom. The van der Waals surface area contributed by atoms with Crippen molar-refractivity contribution in [2.75, 3.05) is 13.2 Å². The molecule has 1 rings (SSSR count). The van der Waals surface area contributed by atoms with Crippen LogP contribution in [-0.4, -0.2) is 36.0 Å². The summed E-state index contributed by atoms with van der Waals surface area (Å²) in [5.41, 5.74) is -3.92. The van der Waals surface area contributed by atoms with E-state index in [-0.39, 0.29) is 13.2 Å². The van der Waals surface area contributed by atoms with E-state index in [2.05, 4.69) is 9.73 Å². The number of rotatable bonds is 7. The van der Waals surface area contributed by atoms with E-state index in [1.807, 2.05) is 0 Å². The molecule has 0 N–H and O–H groups in total. The molecule has 1 aromatic carbocycles. The van der Waals surface area contributed by atoms with Crippen LogP contribution < -0.4 is 0 Å². The molecule has 0 aromatic heterocycles. The first-order chi connectivity index (χ1) is 11.7. The van der Waals surface area contributed by atoms with Gasteiger partial charge in [-0.2, -0.15) is 4.39 Å². The lowest BCUT2D eigenvalue weighted by atomic mass is 9.94. The molecule has 0 aliphatic heterocycles. The lowest BCUT2D eigenvalue weighted by Gasteiger charge is -2.13. The molecule has 25 heavy (non-hydrogen) atoms. The van der Waals surface area contributed by atoms with Crippen molar-refractivity contribution in [1.82, 2.24) is 0 Å². The van der Waals surface area contributed by atoms with Gasteiger partial charge in [0.15, 0.2) is 17.5 Å². The highest BCUT2D eigenvalue weighted by atomic mass is 19.2. The highest BCUT2D eigenvalue weighted by Gasteiger charge is 2.39. The monoisotopic (exact) mass is 360 g/mol. The maximum Gasteiger partial charge on any atom is 0.322 e. The van der Waals surface area contributed by atoms with Crippen LogP contribution in [0.5, 0.6) is 0 Å². The first-order valence-electron chi connectivity index (χ1n) is 7.21. The van der Waals surface area contributed by atoms with Gasteiger partial charge in [-0.3, -0.25) is 24.7 Å². The molecule has 0 spiro atoms. The largest absolute Gasteiger partial charge is 0.465 e. The number of halogens is 3. The molecule has 1 atom stereocenters. The fourth-order valence-corrected chi connectivity index (χ4v) is 2.00. The Labute approximate surface area is 140 Å². The number of Topliss-reactive ketones (excluding diaryl/α,β-unsaturated/α-hetero) is 1. The van der Waals surface area contributed by atoms with Crippen LogP contribution in [0.25, 0.3) is 0 Å². The summed E-state index contributed by atoms with van der Waals surface area (Å²) in [7, 11) is 0. The van der Waals surface area contributed by atoms with Gasteiger partial charge in [0.25, 0.3) is 0 Å². The molecular weight excluding hydrogens is 345 g/mol. The average molecular weight is 360 g/mol. The third-order valence-electron chi connectivity index (χ3n) is 3.20. The Hall–Kier alpha value is -2.78. The van der Waals surface area contributed by atoms with Crippen molar-refractivity contribution >= 4 is 23.7 Å². The van der Waals surface area contributed by atoms with Crippen molar-refractivity contribution < 1.29 is 32.4 Å². The summed E-state index contributed by atoms with van der Waals surface area (Å²) in [4.78, 5) is 37.7. The Morgan fingerprint density at radius 3 is 2.32 bits per heavy atom. The van der Waals surface area contributed by atoms with Gasteiger partial charge in [0.2, 0.25) is 5.82 Å². The third-order valence-corrected chi connectivity index (χ3v) is 3.20. The van der Waals surface area contributed by atoms with E-state index >= 15 is 0 Å². The van der Waals surface area contributed by atoms with E-state index in [0.717, 1.165) is 13.1 Å². The van der Waals surface area contributed by atoms with Crippen LogP contribution in [0.3, 0.4) is 0 Å². The third kappa shape index (κ3) is 4.01. The van der Waals surface area contributed by atoms with E-state index in [9.17, 15) is 32.9 Å². The summed E-state index contributed by atoms with van der Waals surface area (Å²) < 4.78 is 46.5. The standard InChI is InChI=1S/C15H15F3N2O5/c1-4-19-6-8(15(22)25-5-2)14(21)9-10(16)7(3)11(17)12(18)13(9)20(23)24/h6,8H,4-5H2,1-3H3. The summed E-state index contributed by atoms with van der Waals surface area (Å²) in [5, 5.41) is 11.0. The lowest BCUT2D eigenvalue weighted by Crippen LogP contribution is -2.29. The Bertz CT molecular complexity index is 749. The minimum absolute atomic E-state index is 0.121. The maximum absolute atomic E-state index is 14.3. The smallest absolute Gasteiger partial charge is 0.322 e. The zero-order chi connectivity index (χ0) is 19.3. The first-order valence-corrected chi connectivity index (χ1v) is 7.21. The highest BCUT2D eigenvalue weighted by Crippen LogP contribution is 2.32. The topological polar surface area (TPSA) is 98.9 Å². The van der Waals surface area contributed by atoms with Crippen molar-refractivity contribution in [2.45, 2.75) is 20.8 Å². The zero-order valence-electron chi connectivity index (χ0n) is 13.6. The molecule has 0 aliphatic rings. The number of nitro groups is 1. The van der Waals surface area contributed by atoms with Crippen LogP contribution in [0.1, 0.15) is 29.8 Å². The second-order valence-corrected chi connectivity index (χ2v) is 4.79. The van der Waals surface area contributed by atoms with Gasteiger partial charge < -0.3 is 4.74 Å². The summed E-state index contributed by atoms with van der Waals surface area (Å²) >= 11 is 0. The molecule has 1 unspecified atom stereocenters. The number of hydrogen-bond donors (Lipinski definition) is 0. The van der Waals surface area contributed by atoms with E-state index in [0.29, 0.717) is 0 Å². The van der Waals surface area contributed by atoms with Gasteiger partial charge in [-0.05, 0) is 20.8 Å². The number of aliphatic imine (C=N–C) groups is 1. The zero-order valence-corrected chi connectivity index (χ0v) is 13.6. The van der Waals surface area contributed by atoms with Gasteiger partial charge in [0.1, 0.15) is 11.4 Å². The molecule has 1 aromatic rings. The van der Waals surface area contributed by atoms with Gasteiger partial charge >= 0.3 is 11.7 Å². The fourth-order valence-electron chi connectivity index (χ4n) is 2.00. The van der Waals surface area contributed by atoms with E-state index < -0.39 is 56.9 Å². The number of hydrogen-bond acceptors (Lipinski definition) is 6. The maximum atomic E-state index is 14.3. The second-order valence-electron chi connectivity index (χ2n) is 4.79. The molecule has 0 fully saturated rings. The van der Waals surface area contributed by atoms with Crippen molar-refractivity contribution in [3.63, 3.8) is 0 Å². The average Bonchev–Trinajstić information content (AvgIpc) is 2.55. The molecule has 0 bridgehead atoms.